The first-order valence-electron chi connectivity index (χ1n) is 12.7. The van der Waals surface area contributed by atoms with Gasteiger partial charge in [0.1, 0.15) is 11.7 Å². The van der Waals surface area contributed by atoms with Gasteiger partial charge < -0.3 is 19.1 Å². The van der Waals surface area contributed by atoms with Gasteiger partial charge in [-0.25, -0.2) is 19.1 Å². The van der Waals surface area contributed by atoms with Crippen LogP contribution in [-0.4, -0.2) is 64.0 Å². The van der Waals surface area contributed by atoms with Crippen LogP contribution in [0.2, 0.25) is 0 Å². The number of esters is 1. The number of carbonyl (C=O) groups is 2. The number of benzene rings is 1. The summed E-state index contributed by atoms with van der Waals surface area (Å²) < 4.78 is 18.7. The number of aromatic amines is 1. The van der Waals surface area contributed by atoms with Crippen molar-refractivity contribution in [3.8, 4) is 17.3 Å². The van der Waals surface area contributed by atoms with Crippen LogP contribution in [-0.2, 0) is 9.47 Å². The highest BCUT2D eigenvalue weighted by atomic mass is 16.6. The first-order chi connectivity index (χ1) is 17.3. The highest BCUT2D eigenvalue weighted by Crippen LogP contribution is 2.36. The van der Waals surface area contributed by atoms with Crippen LogP contribution < -0.4 is 4.74 Å². The number of amides is 1. The average molecular weight is 495 g/mol. The number of hydrogen-bond donors (Lipinski definition) is 1. The predicted octanol–water partition coefficient (Wildman–Crippen LogP) is 4.70. The molecule has 192 valence electrons. The number of fused-ring (bicyclic) bond motifs is 1. The molecule has 5 rings (SSSR count). The van der Waals surface area contributed by atoms with E-state index in [1.54, 1.807) is 15.5 Å². The van der Waals surface area contributed by atoms with Crippen LogP contribution in [0.15, 0.2) is 30.3 Å². The molecule has 3 aromatic rings. The van der Waals surface area contributed by atoms with E-state index in [1.165, 1.54) is 0 Å². The minimum Gasteiger partial charge on any atom is -0.458 e. The second kappa shape index (κ2) is 9.97. The van der Waals surface area contributed by atoms with Gasteiger partial charge in [-0.15, -0.1) is 0 Å². The monoisotopic (exact) mass is 494 g/mol. The van der Waals surface area contributed by atoms with E-state index in [1.807, 2.05) is 31.2 Å². The van der Waals surface area contributed by atoms with Crippen molar-refractivity contribution in [2.45, 2.75) is 46.6 Å². The number of hydrogen-bond acceptors (Lipinski definition) is 6. The van der Waals surface area contributed by atoms with Crippen molar-refractivity contribution in [3.63, 3.8) is 0 Å². The summed E-state index contributed by atoms with van der Waals surface area (Å²) in [5.41, 5.74) is 2.63. The summed E-state index contributed by atoms with van der Waals surface area (Å²) in [6, 6.07) is 9.44. The van der Waals surface area contributed by atoms with Gasteiger partial charge in [0.2, 0.25) is 5.88 Å². The molecule has 2 aromatic heterocycles. The lowest BCUT2D eigenvalue weighted by Crippen LogP contribution is -2.42. The van der Waals surface area contributed by atoms with Crippen molar-refractivity contribution < 1.29 is 23.8 Å². The van der Waals surface area contributed by atoms with Crippen molar-refractivity contribution >= 4 is 17.7 Å². The van der Waals surface area contributed by atoms with Crippen LogP contribution >= 0.6 is 0 Å². The number of carbonyl (C=O) groups excluding carboxylic acids is 2. The third kappa shape index (κ3) is 4.84. The van der Waals surface area contributed by atoms with E-state index in [-0.39, 0.29) is 29.4 Å². The molecule has 2 unspecified atom stereocenters. The Balaban J connectivity index is 1.47. The maximum absolute atomic E-state index is 13.4. The van der Waals surface area contributed by atoms with Gasteiger partial charge in [0.05, 0.1) is 13.2 Å². The molecule has 1 aliphatic heterocycles. The number of aryl methyl sites for hydroxylation is 1. The Morgan fingerprint density at radius 3 is 2.39 bits per heavy atom. The van der Waals surface area contributed by atoms with Crippen LogP contribution in [0.1, 0.15) is 49.5 Å². The number of morpholine rings is 1. The summed E-state index contributed by atoms with van der Waals surface area (Å²) in [4.78, 5) is 32.5. The third-order valence-corrected chi connectivity index (χ3v) is 7.30. The zero-order valence-corrected chi connectivity index (χ0v) is 21.3. The zero-order valence-electron chi connectivity index (χ0n) is 21.3. The molecule has 36 heavy (non-hydrogen) atoms. The van der Waals surface area contributed by atoms with Crippen molar-refractivity contribution in [2.24, 2.45) is 17.8 Å². The quantitative estimate of drug-likeness (QED) is 0.528. The van der Waals surface area contributed by atoms with Crippen molar-refractivity contribution in [2.75, 3.05) is 26.3 Å². The summed E-state index contributed by atoms with van der Waals surface area (Å²) >= 11 is 0. The van der Waals surface area contributed by atoms with Gasteiger partial charge in [0, 0.05) is 24.7 Å². The molecule has 2 aliphatic rings. The first-order valence-corrected chi connectivity index (χ1v) is 12.7. The molecule has 1 saturated heterocycles. The summed E-state index contributed by atoms with van der Waals surface area (Å²) in [5.74, 6) is 1.45. The van der Waals surface area contributed by atoms with E-state index in [4.69, 9.17) is 19.2 Å². The molecule has 1 saturated carbocycles. The summed E-state index contributed by atoms with van der Waals surface area (Å²) in [5, 5.41) is 3.19. The van der Waals surface area contributed by atoms with Gasteiger partial charge in [-0.2, -0.15) is 0 Å². The van der Waals surface area contributed by atoms with Gasteiger partial charge >= 0.3 is 12.1 Å². The lowest BCUT2D eigenvalue weighted by atomic mass is 9.75. The molecular formula is C27H34N4O5. The van der Waals surface area contributed by atoms with Gasteiger partial charge in [0.25, 0.3) is 0 Å². The van der Waals surface area contributed by atoms with Crippen molar-refractivity contribution in [3.05, 3.63) is 41.5 Å². The number of aromatic nitrogens is 3. The van der Waals surface area contributed by atoms with E-state index in [0.717, 1.165) is 24.0 Å². The van der Waals surface area contributed by atoms with Crippen LogP contribution in [0.3, 0.4) is 0 Å². The van der Waals surface area contributed by atoms with Gasteiger partial charge in [-0.3, -0.25) is 5.10 Å². The van der Waals surface area contributed by atoms with E-state index in [0.29, 0.717) is 43.7 Å². The predicted molar refractivity (Wildman–Crippen MR) is 134 cm³/mol. The number of nitrogens with one attached hydrogen (secondary N) is 1. The van der Waals surface area contributed by atoms with E-state index in [2.05, 4.69) is 25.9 Å². The SMILES string of the molecule is Cc1ccc(-c2nc3c(C(=O)OC4C(C)CC(C)CC4C)cc(OC(=O)N4CCOCC4)n3[nH]2)cc1. The van der Waals surface area contributed by atoms with Crippen LogP contribution in [0.4, 0.5) is 4.79 Å². The van der Waals surface area contributed by atoms with Gasteiger partial charge in [0.15, 0.2) is 11.5 Å². The van der Waals surface area contributed by atoms with Crippen LogP contribution in [0.5, 0.6) is 5.88 Å². The van der Waals surface area contributed by atoms with E-state index < -0.39 is 12.1 Å². The van der Waals surface area contributed by atoms with Crippen molar-refractivity contribution in [1.29, 1.82) is 0 Å². The molecule has 0 spiro atoms. The van der Waals surface area contributed by atoms with E-state index >= 15 is 0 Å². The van der Waals surface area contributed by atoms with Crippen LogP contribution in [0, 0.1) is 24.7 Å². The Morgan fingerprint density at radius 1 is 1.06 bits per heavy atom. The molecule has 1 aliphatic carbocycles. The average Bonchev–Trinajstić information content (AvgIpc) is 3.43. The standard InChI is InChI=1S/C27H34N4O5/c1-16-5-7-20(8-6-16)24-28-25-21(26(32)36-23-18(3)13-17(2)14-19(23)4)15-22(31(25)29-24)35-27(33)30-9-11-34-12-10-30/h5-8,15,17-19,23H,9-14H2,1-4H3,(H,28,29). The molecule has 9 nitrogen and oxygen atoms in total. The maximum atomic E-state index is 13.4. The Bertz CT molecular complexity index is 1230. The molecule has 0 bridgehead atoms. The molecule has 3 heterocycles. The molecule has 9 heteroatoms. The highest BCUT2D eigenvalue weighted by molar-refractivity contribution is 5.97. The first kappa shape index (κ1) is 24.4. The highest BCUT2D eigenvalue weighted by Gasteiger charge is 2.35. The Hall–Kier alpha value is -3.33. The fourth-order valence-electron chi connectivity index (χ4n) is 5.51. The van der Waals surface area contributed by atoms with E-state index in [9.17, 15) is 9.59 Å². The summed E-state index contributed by atoms with van der Waals surface area (Å²) in [6.45, 7) is 10.4. The fraction of sp³-hybridized carbons (Fsp3) is 0.519. The number of H-pyrrole nitrogens is 1. The van der Waals surface area contributed by atoms with Gasteiger partial charge in [-0.1, -0.05) is 50.6 Å². The molecule has 1 aromatic carbocycles. The minimum absolute atomic E-state index is 0.168. The molecule has 1 N–H and O–H groups in total. The summed E-state index contributed by atoms with van der Waals surface area (Å²) in [7, 11) is 0. The Labute approximate surface area is 210 Å². The largest absolute Gasteiger partial charge is 0.458 e. The Kier molecular flexibility index (Phi) is 6.75. The third-order valence-electron chi connectivity index (χ3n) is 7.30. The summed E-state index contributed by atoms with van der Waals surface area (Å²) in [6.07, 6.45) is 1.39. The maximum Gasteiger partial charge on any atom is 0.416 e. The molecular weight excluding hydrogens is 460 g/mol. The molecule has 0 radical (unpaired) electrons. The number of ether oxygens (including phenoxy) is 3. The zero-order chi connectivity index (χ0) is 25.4. The van der Waals surface area contributed by atoms with Crippen molar-refractivity contribution in [1.82, 2.24) is 19.5 Å². The topological polar surface area (TPSA) is 98.2 Å². The minimum atomic E-state index is -0.493. The Morgan fingerprint density at radius 2 is 1.72 bits per heavy atom. The number of nitrogens with zero attached hydrogens (tertiary/aromatic N) is 3. The lowest BCUT2D eigenvalue weighted by Gasteiger charge is -2.37. The normalized spacial score (nSPS) is 24.6. The second-order valence-corrected chi connectivity index (χ2v) is 10.4. The van der Waals surface area contributed by atoms with Crippen LogP contribution in [0.25, 0.3) is 17.0 Å². The smallest absolute Gasteiger partial charge is 0.416 e. The molecule has 1 amide bonds. The fourth-order valence-corrected chi connectivity index (χ4v) is 5.51. The molecule has 2 atom stereocenters. The number of rotatable bonds is 4. The second-order valence-electron chi connectivity index (χ2n) is 10.4. The lowest BCUT2D eigenvalue weighted by molar-refractivity contribution is -0.0250. The van der Waals surface area contributed by atoms with Gasteiger partial charge in [-0.05, 0) is 37.5 Å². The molecule has 2 fully saturated rings.